The number of carbonyl (C=O) groups is 1. The topological polar surface area (TPSA) is 26.3 Å². The van der Waals surface area contributed by atoms with Crippen molar-refractivity contribution in [2.75, 3.05) is 12.9 Å². The number of carbonyl (C=O) groups excluding carboxylic acids is 1. The lowest BCUT2D eigenvalue weighted by molar-refractivity contribution is 0.0982. The third-order valence-corrected chi connectivity index (χ3v) is 4.14. The third-order valence-electron chi connectivity index (χ3n) is 3.04. The van der Waals surface area contributed by atoms with Crippen molar-refractivity contribution in [2.45, 2.75) is 17.7 Å². The number of ether oxygens (including phenoxy) is 1. The molecule has 4 heteroatoms. The molecule has 0 saturated carbocycles. The minimum Gasteiger partial charge on any atom is -0.497 e. The largest absolute Gasteiger partial charge is 0.497 e. The number of rotatable bonds is 7. The van der Waals surface area contributed by atoms with Crippen LogP contribution < -0.4 is 4.74 Å². The first-order chi connectivity index (χ1) is 10.2. The number of benzene rings is 2. The highest BCUT2D eigenvalue weighted by Crippen LogP contribution is 2.22. The van der Waals surface area contributed by atoms with Crippen molar-refractivity contribution < 1.29 is 13.9 Å². The molecule has 0 aliphatic heterocycles. The van der Waals surface area contributed by atoms with Gasteiger partial charge in [-0.05, 0) is 60.7 Å². The lowest BCUT2D eigenvalue weighted by atomic mass is 10.1. The Morgan fingerprint density at radius 1 is 1.10 bits per heavy atom. The second-order valence-electron chi connectivity index (χ2n) is 4.56. The zero-order valence-corrected chi connectivity index (χ0v) is 12.7. The highest BCUT2D eigenvalue weighted by Gasteiger charge is 2.05. The first-order valence-electron chi connectivity index (χ1n) is 6.74. The van der Waals surface area contributed by atoms with Crippen LogP contribution in [0, 0.1) is 5.82 Å². The van der Waals surface area contributed by atoms with Gasteiger partial charge in [-0.25, -0.2) is 4.39 Å². The van der Waals surface area contributed by atoms with Crippen molar-refractivity contribution >= 4 is 17.5 Å². The summed E-state index contributed by atoms with van der Waals surface area (Å²) >= 11 is 1.71. The van der Waals surface area contributed by atoms with Gasteiger partial charge in [0.15, 0.2) is 5.78 Å². The number of hydrogen-bond donors (Lipinski definition) is 0. The van der Waals surface area contributed by atoms with E-state index in [4.69, 9.17) is 4.74 Å². The van der Waals surface area contributed by atoms with Crippen molar-refractivity contribution in [1.29, 1.82) is 0 Å². The monoisotopic (exact) mass is 304 g/mol. The van der Waals surface area contributed by atoms with E-state index in [1.165, 1.54) is 24.3 Å². The van der Waals surface area contributed by atoms with E-state index in [2.05, 4.69) is 0 Å². The lowest BCUT2D eigenvalue weighted by Gasteiger charge is -2.04. The summed E-state index contributed by atoms with van der Waals surface area (Å²) in [5.41, 5.74) is 0.575. The molecule has 0 heterocycles. The first-order valence-corrected chi connectivity index (χ1v) is 7.73. The minimum atomic E-state index is -0.318. The van der Waals surface area contributed by atoms with E-state index < -0.39 is 0 Å². The molecule has 0 aliphatic carbocycles. The molecule has 0 aromatic heterocycles. The highest BCUT2D eigenvalue weighted by atomic mass is 32.2. The molecule has 0 saturated heterocycles. The number of methoxy groups -OCH3 is 1. The van der Waals surface area contributed by atoms with Crippen molar-refractivity contribution in [2.24, 2.45) is 0 Å². The molecular weight excluding hydrogens is 287 g/mol. The molecule has 2 nitrogen and oxygen atoms in total. The van der Waals surface area contributed by atoms with Gasteiger partial charge in [-0.15, -0.1) is 11.8 Å². The Balaban J connectivity index is 1.73. The predicted octanol–water partition coefficient (Wildman–Crippen LogP) is 4.59. The van der Waals surface area contributed by atoms with Crippen LogP contribution >= 0.6 is 11.8 Å². The van der Waals surface area contributed by atoms with Gasteiger partial charge in [0, 0.05) is 16.9 Å². The standard InChI is InChI=1S/C17H17FO2S/c1-20-15-8-10-16(11-9-15)21-12-2-3-17(19)13-4-6-14(18)7-5-13/h4-11H,2-3,12H2,1H3. The molecule has 0 atom stereocenters. The fraction of sp³-hybridized carbons (Fsp3) is 0.235. The molecule has 0 amide bonds. The van der Waals surface area contributed by atoms with Gasteiger partial charge in [0.1, 0.15) is 11.6 Å². The van der Waals surface area contributed by atoms with Gasteiger partial charge in [-0.3, -0.25) is 4.79 Å². The van der Waals surface area contributed by atoms with E-state index in [-0.39, 0.29) is 11.6 Å². The summed E-state index contributed by atoms with van der Waals surface area (Å²) in [7, 11) is 1.64. The van der Waals surface area contributed by atoms with Crippen LogP contribution in [0.1, 0.15) is 23.2 Å². The summed E-state index contributed by atoms with van der Waals surface area (Å²) in [6.07, 6.45) is 1.28. The molecule has 2 rings (SSSR count). The summed E-state index contributed by atoms with van der Waals surface area (Å²) < 4.78 is 17.9. The van der Waals surface area contributed by atoms with Crippen LogP contribution in [-0.2, 0) is 0 Å². The number of ketones is 1. The maximum absolute atomic E-state index is 12.8. The van der Waals surface area contributed by atoms with Crippen molar-refractivity contribution in [3.63, 3.8) is 0 Å². The van der Waals surface area contributed by atoms with Crippen LogP contribution in [0.15, 0.2) is 53.4 Å². The third kappa shape index (κ3) is 4.90. The Bertz CT molecular complexity index is 579. The fourth-order valence-corrected chi connectivity index (χ4v) is 2.73. The molecule has 0 radical (unpaired) electrons. The SMILES string of the molecule is COc1ccc(SCCCC(=O)c2ccc(F)cc2)cc1. The molecular formula is C17H17FO2S. The maximum atomic E-state index is 12.8. The summed E-state index contributed by atoms with van der Waals surface area (Å²) in [6.45, 7) is 0. The Labute approximate surface area is 128 Å². The number of Topliss-reactive ketones (excluding diaryl/α,β-unsaturated/α-hetero) is 1. The van der Waals surface area contributed by atoms with E-state index in [0.29, 0.717) is 12.0 Å². The van der Waals surface area contributed by atoms with Crippen molar-refractivity contribution in [1.82, 2.24) is 0 Å². The number of halogens is 1. The highest BCUT2D eigenvalue weighted by molar-refractivity contribution is 7.99. The molecule has 0 bridgehead atoms. The van der Waals surface area contributed by atoms with Gasteiger partial charge in [-0.2, -0.15) is 0 Å². The van der Waals surface area contributed by atoms with Crippen LogP contribution in [-0.4, -0.2) is 18.6 Å². The molecule has 2 aromatic carbocycles. The van der Waals surface area contributed by atoms with Gasteiger partial charge in [0.25, 0.3) is 0 Å². The molecule has 0 aliphatic rings. The first kappa shape index (κ1) is 15.6. The number of thioether (sulfide) groups is 1. The predicted molar refractivity (Wildman–Crippen MR) is 83.7 cm³/mol. The molecule has 2 aromatic rings. The van der Waals surface area contributed by atoms with Crippen LogP contribution in [0.2, 0.25) is 0 Å². The summed E-state index contributed by atoms with van der Waals surface area (Å²) in [5, 5.41) is 0. The summed E-state index contributed by atoms with van der Waals surface area (Å²) in [6, 6.07) is 13.6. The minimum absolute atomic E-state index is 0.0605. The van der Waals surface area contributed by atoms with E-state index in [1.54, 1.807) is 18.9 Å². The van der Waals surface area contributed by atoms with Gasteiger partial charge in [0.2, 0.25) is 0 Å². The Morgan fingerprint density at radius 3 is 2.38 bits per heavy atom. The molecule has 0 spiro atoms. The molecule has 0 fully saturated rings. The van der Waals surface area contributed by atoms with E-state index in [0.717, 1.165) is 22.8 Å². The van der Waals surface area contributed by atoms with Crippen LogP contribution in [0.5, 0.6) is 5.75 Å². The second kappa shape index (κ2) is 7.84. The van der Waals surface area contributed by atoms with E-state index in [1.807, 2.05) is 24.3 Å². The zero-order chi connectivity index (χ0) is 15.1. The maximum Gasteiger partial charge on any atom is 0.162 e. The molecule has 110 valence electrons. The van der Waals surface area contributed by atoms with Gasteiger partial charge in [0.05, 0.1) is 7.11 Å². The van der Waals surface area contributed by atoms with Crippen molar-refractivity contribution in [3.05, 3.63) is 59.9 Å². The quantitative estimate of drug-likeness (QED) is 0.425. The average molecular weight is 304 g/mol. The average Bonchev–Trinajstić information content (AvgIpc) is 2.52. The smallest absolute Gasteiger partial charge is 0.162 e. The van der Waals surface area contributed by atoms with Gasteiger partial charge < -0.3 is 4.74 Å². The normalized spacial score (nSPS) is 10.4. The van der Waals surface area contributed by atoms with Gasteiger partial charge in [-0.1, -0.05) is 0 Å². The van der Waals surface area contributed by atoms with Crippen LogP contribution in [0.25, 0.3) is 0 Å². The number of hydrogen-bond acceptors (Lipinski definition) is 3. The van der Waals surface area contributed by atoms with Crippen LogP contribution in [0.4, 0.5) is 4.39 Å². The van der Waals surface area contributed by atoms with E-state index in [9.17, 15) is 9.18 Å². The molecule has 21 heavy (non-hydrogen) atoms. The second-order valence-corrected chi connectivity index (χ2v) is 5.73. The Hall–Kier alpha value is -1.81. The van der Waals surface area contributed by atoms with Crippen LogP contribution in [0.3, 0.4) is 0 Å². The Kier molecular flexibility index (Phi) is 5.81. The van der Waals surface area contributed by atoms with Gasteiger partial charge >= 0.3 is 0 Å². The zero-order valence-electron chi connectivity index (χ0n) is 11.8. The molecule has 0 unspecified atom stereocenters. The summed E-state index contributed by atoms with van der Waals surface area (Å²) in [5.74, 6) is 1.46. The van der Waals surface area contributed by atoms with Crippen molar-refractivity contribution in [3.8, 4) is 5.75 Å². The lowest BCUT2D eigenvalue weighted by Crippen LogP contribution is -1.99. The Morgan fingerprint density at radius 2 is 1.76 bits per heavy atom. The molecule has 0 N–H and O–H groups in total. The fourth-order valence-electron chi connectivity index (χ4n) is 1.87. The van der Waals surface area contributed by atoms with E-state index >= 15 is 0 Å². The summed E-state index contributed by atoms with van der Waals surface area (Å²) in [4.78, 5) is 13.1.